The first-order valence-electron chi connectivity index (χ1n) is 5.16. The van der Waals surface area contributed by atoms with Crippen LogP contribution in [0.4, 0.5) is 15.8 Å². The Morgan fingerprint density at radius 3 is 2.76 bits per heavy atom. The third kappa shape index (κ3) is 3.60. The van der Waals surface area contributed by atoms with E-state index in [0.29, 0.717) is 18.7 Å². The lowest BCUT2D eigenvalue weighted by Crippen LogP contribution is -2.12. The lowest BCUT2D eigenvalue weighted by atomic mass is 10.1. The molecule has 1 rings (SSSR count). The smallest absolute Gasteiger partial charge is 0.338 e. The number of nitrogens with one attached hydrogen (secondary N) is 1. The van der Waals surface area contributed by atoms with Gasteiger partial charge in [0.15, 0.2) is 0 Å². The number of rotatable bonds is 5. The topological polar surface area (TPSA) is 95.6 Å². The molecule has 0 aliphatic carbocycles. The number of carboxylic acid groups (broad SMARTS) is 1. The van der Waals surface area contributed by atoms with Gasteiger partial charge in [0, 0.05) is 6.54 Å². The predicted molar refractivity (Wildman–Crippen MR) is 62.6 cm³/mol. The van der Waals surface area contributed by atoms with Gasteiger partial charge in [-0.25, -0.2) is 9.18 Å². The van der Waals surface area contributed by atoms with Crippen LogP contribution in [0.15, 0.2) is 12.1 Å². The Labute approximate surface area is 98.1 Å². The molecule has 0 aliphatic rings. The molecule has 5 N–H and O–H groups in total. The molecule has 1 unspecified atom stereocenters. The van der Waals surface area contributed by atoms with Gasteiger partial charge in [-0.2, -0.15) is 0 Å². The molecule has 1 aromatic carbocycles. The second-order valence-corrected chi connectivity index (χ2v) is 3.79. The van der Waals surface area contributed by atoms with Crippen LogP contribution in [0.25, 0.3) is 0 Å². The minimum Gasteiger partial charge on any atom is -0.478 e. The summed E-state index contributed by atoms with van der Waals surface area (Å²) in [6.45, 7) is 2.06. The average molecular weight is 242 g/mol. The third-order valence-electron chi connectivity index (χ3n) is 2.25. The molecule has 0 saturated carbocycles. The van der Waals surface area contributed by atoms with Gasteiger partial charge in [-0.1, -0.05) is 0 Å². The number of aliphatic hydroxyl groups is 1. The molecule has 0 bridgehead atoms. The fourth-order valence-corrected chi connectivity index (χ4v) is 1.32. The van der Waals surface area contributed by atoms with E-state index < -0.39 is 23.5 Å². The fraction of sp³-hybridized carbons (Fsp3) is 0.364. The molecule has 94 valence electrons. The number of aromatic carboxylic acids is 1. The molecule has 0 saturated heterocycles. The molecular weight excluding hydrogens is 227 g/mol. The summed E-state index contributed by atoms with van der Waals surface area (Å²) in [7, 11) is 0. The Balaban J connectivity index is 2.81. The van der Waals surface area contributed by atoms with Crippen molar-refractivity contribution in [3.8, 4) is 0 Å². The first-order chi connectivity index (χ1) is 7.91. The number of benzene rings is 1. The largest absolute Gasteiger partial charge is 0.478 e. The van der Waals surface area contributed by atoms with Gasteiger partial charge in [-0.05, 0) is 25.5 Å². The monoisotopic (exact) mass is 242 g/mol. The van der Waals surface area contributed by atoms with Crippen LogP contribution >= 0.6 is 0 Å². The summed E-state index contributed by atoms with van der Waals surface area (Å²) < 4.78 is 13.3. The summed E-state index contributed by atoms with van der Waals surface area (Å²) in [5.74, 6) is -2.20. The number of hydrogen-bond acceptors (Lipinski definition) is 4. The van der Waals surface area contributed by atoms with Crippen molar-refractivity contribution in [1.29, 1.82) is 0 Å². The number of hydrogen-bond donors (Lipinski definition) is 4. The molecule has 0 amide bonds. The lowest BCUT2D eigenvalue weighted by Gasteiger charge is -2.11. The van der Waals surface area contributed by atoms with Crippen LogP contribution in [0.3, 0.4) is 0 Å². The van der Waals surface area contributed by atoms with E-state index in [9.17, 15) is 9.18 Å². The Hall–Kier alpha value is -1.82. The van der Waals surface area contributed by atoms with E-state index in [1.807, 2.05) is 0 Å². The Morgan fingerprint density at radius 2 is 2.24 bits per heavy atom. The van der Waals surface area contributed by atoms with Crippen molar-refractivity contribution in [1.82, 2.24) is 0 Å². The Morgan fingerprint density at radius 1 is 1.59 bits per heavy atom. The van der Waals surface area contributed by atoms with Crippen molar-refractivity contribution in [2.75, 3.05) is 17.6 Å². The zero-order valence-electron chi connectivity index (χ0n) is 9.40. The molecule has 0 radical (unpaired) electrons. The Bertz CT molecular complexity index is 421. The van der Waals surface area contributed by atoms with Gasteiger partial charge in [-0.3, -0.25) is 0 Å². The molecule has 6 heteroatoms. The maximum absolute atomic E-state index is 13.3. The molecule has 0 spiro atoms. The number of carboxylic acids is 1. The normalized spacial score (nSPS) is 12.2. The van der Waals surface area contributed by atoms with Gasteiger partial charge in [0.05, 0.1) is 23.0 Å². The van der Waals surface area contributed by atoms with E-state index in [1.54, 1.807) is 6.92 Å². The van der Waals surface area contributed by atoms with Gasteiger partial charge in [0.1, 0.15) is 5.82 Å². The van der Waals surface area contributed by atoms with Crippen LogP contribution in [0.1, 0.15) is 23.7 Å². The minimum atomic E-state index is -1.36. The second kappa shape index (κ2) is 5.49. The van der Waals surface area contributed by atoms with Crippen molar-refractivity contribution in [2.45, 2.75) is 19.4 Å². The average Bonchev–Trinajstić information content (AvgIpc) is 2.21. The first kappa shape index (κ1) is 13.2. The number of anilines is 2. The van der Waals surface area contributed by atoms with E-state index in [-0.39, 0.29) is 5.69 Å². The second-order valence-electron chi connectivity index (χ2n) is 3.79. The van der Waals surface area contributed by atoms with Gasteiger partial charge in [0.25, 0.3) is 0 Å². The van der Waals surface area contributed by atoms with E-state index in [2.05, 4.69) is 5.32 Å². The Kier molecular flexibility index (Phi) is 4.28. The van der Waals surface area contributed by atoms with Crippen LogP contribution in [-0.4, -0.2) is 28.8 Å². The van der Waals surface area contributed by atoms with Gasteiger partial charge in [0.2, 0.25) is 0 Å². The molecular formula is C11H15FN2O3. The zero-order chi connectivity index (χ0) is 13.0. The summed E-state index contributed by atoms with van der Waals surface area (Å²) in [6, 6.07) is 2.11. The molecule has 0 fully saturated rings. The standard InChI is InChI=1S/C11H15FN2O3/c1-6(15)2-3-14-10-5-8(12)7(11(16)17)4-9(10)13/h4-6,14-15H,2-3,13H2,1H3,(H,16,17). The maximum atomic E-state index is 13.3. The van der Waals surface area contributed by atoms with Crippen molar-refractivity contribution < 1.29 is 19.4 Å². The molecule has 0 aromatic heterocycles. The van der Waals surface area contributed by atoms with Gasteiger partial charge in [-0.15, -0.1) is 0 Å². The summed E-state index contributed by atoms with van der Waals surface area (Å²) in [4.78, 5) is 10.6. The van der Waals surface area contributed by atoms with E-state index in [1.165, 1.54) is 0 Å². The molecule has 17 heavy (non-hydrogen) atoms. The highest BCUT2D eigenvalue weighted by molar-refractivity contribution is 5.90. The summed E-state index contributed by atoms with van der Waals surface area (Å²) >= 11 is 0. The van der Waals surface area contributed by atoms with Crippen LogP contribution in [0.5, 0.6) is 0 Å². The highest BCUT2D eigenvalue weighted by atomic mass is 19.1. The van der Waals surface area contributed by atoms with Crippen LogP contribution < -0.4 is 11.1 Å². The first-order valence-corrected chi connectivity index (χ1v) is 5.16. The predicted octanol–water partition coefficient (Wildman–Crippen LogP) is 1.29. The van der Waals surface area contributed by atoms with E-state index in [0.717, 1.165) is 12.1 Å². The van der Waals surface area contributed by atoms with Crippen molar-refractivity contribution in [3.05, 3.63) is 23.5 Å². The number of nitrogen functional groups attached to an aromatic ring is 1. The minimum absolute atomic E-state index is 0.161. The molecule has 1 aromatic rings. The van der Waals surface area contributed by atoms with Gasteiger partial charge >= 0.3 is 5.97 Å². The number of carbonyl (C=O) groups is 1. The van der Waals surface area contributed by atoms with Gasteiger partial charge < -0.3 is 21.3 Å². The van der Waals surface area contributed by atoms with Crippen molar-refractivity contribution in [3.63, 3.8) is 0 Å². The number of nitrogens with two attached hydrogens (primary N) is 1. The number of halogens is 1. The SMILES string of the molecule is CC(O)CCNc1cc(F)c(C(=O)O)cc1N. The summed E-state index contributed by atoms with van der Waals surface area (Å²) in [5, 5.41) is 20.6. The molecule has 1 atom stereocenters. The maximum Gasteiger partial charge on any atom is 0.338 e. The van der Waals surface area contributed by atoms with Crippen LogP contribution in [-0.2, 0) is 0 Å². The van der Waals surface area contributed by atoms with E-state index >= 15 is 0 Å². The fourth-order valence-electron chi connectivity index (χ4n) is 1.32. The summed E-state index contributed by atoms with van der Waals surface area (Å²) in [6.07, 6.45) is 0.0220. The third-order valence-corrected chi connectivity index (χ3v) is 2.25. The number of aliphatic hydroxyl groups excluding tert-OH is 1. The molecule has 0 heterocycles. The highest BCUT2D eigenvalue weighted by Gasteiger charge is 2.13. The quantitative estimate of drug-likeness (QED) is 0.583. The summed E-state index contributed by atoms with van der Waals surface area (Å²) in [5.41, 5.74) is 5.62. The van der Waals surface area contributed by atoms with Crippen molar-refractivity contribution >= 4 is 17.3 Å². The molecule has 0 aliphatic heterocycles. The van der Waals surface area contributed by atoms with Crippen LogP contribution in [0, 0.1) is 5.82 Å². The lowest BCUT2D eigenvalue weighted by molar-refractivity contribution is 0.0692. The highest BCUT2D eigenvalue weighted by Crippen LogP contribution is 2.23. The van der Waals surface area contributed by atoms with E-state index in [4.69, 9.17) is 15.9 Å². The van der Waals surface area contributed by atoms with Crippen molar-refractivity contribution in [2.24, 2.45) is 0 Å². The molecule has 5 nitrogen and oxygen atoms in total. The zero-order valence-corrected chi connectivity index (χ0v) is 9.40. The van der Waals surface area contributed by atoms with Crippen LogP contribution in [0.2, 0.25) is 0 Å².